The predicted molar refractivity (Wildman–Crippen MR) is 89.8 cm³/mol. The second-order valence-electron chi connectivity index (χ2n) is 5.20. The van der Waals surface area contributed by atoms with Crippen molar-refractivity contribution >= 4 is 35.1 Å². The second kappa shape index (κ2) is 8.42. The number of nitrogens with one attached hydrogen (secondary N) is 1. The number of amides is 1. The third kappa shape index (κ3) is 4.47. The monoisotopic (exact) mass is 405 g/mol. The zero-order chi connectivity index (χ0) is 19.4. The molecule has 1 N–H and O–H groups in total. The molecule has 0 radical (unpaired) electrons. The first-order valence-electron chi connectivity index (χ1n) is 7.20. The fourth-order valence-electron chi connectivity index (χ4n) is 2.26. The molecule has 2 rings (SSSR count). The van der Waals surface area contributed by atoms with E-state index in [0.29, 0.717) is 17.7 Å². The van der Waals surface area contributed by atoms with Gasteiger partial charge in [0, 0.05) is 28.6 Å². The highest BCUT2D eigenvalue weighted by Gasteiger charge is 2.27. The number of carbonyl (C=O) groups is 2. The molecule has 0 aromatic heterocycles. The highest BCUT2D eigenvalue weighted by atomic mass is 35.5. The number of ether oxygens (including phenoxy) is 1. The van der Waals surface area contributed by atoms with Crippen molar-refractivity contribution in [1.29, 1.82) is 0 Å². The van der Waals surface area contributed by atoms with Crippen LogP contribution in [0.2, 0.25) is 10.0 Å². The molecule has 0 spiro atoms. The van der Waals surface area contributed by atoms with E-state index in [1.54, 1.807) is 6.07 Å². The van der Waals surface area contributed by atoms with Gasteiger partial charge in [-0.15, -0.1) is 0 Å². The maximum Gasteiger partial charge on any atom is 0.328 e. The van der Waals surface area contributed by atoms with Gasteiger partial charge in [-0.05, 0) is 17.7 Å². The molecule has 4 nitrogen and oxygen atoms in total. The smallest absolute Gasteiger partial charge is 0.328 e. The van der Waals surface area contributed by atoms with Crippen LogP contribution in [0, 0.1) is 17.5 Å². The Morgan fingerprint density at radius 1 is 1.12 bits per heavy atom. The van der Waals surface area contributed by atoms with Crippen molar-refractivity contribution in [1.82, 2.24) is 5.32 Å². The molecule has 0 bridgehead atoms. The summed E-state index contributed by atoms with van der Waals surface area (Å²) in [5, 5.41) is 2.63. The summed E-state index contributed by atoms with van der Waals surface area (Å²) in [6.45, 7) is 0. The molecule has 0 unspecified atom stereocenters. The standard InChI is InChI=1S/C17H12Cl2F3NO3/c1-26-17(25)14(7-9-10(18)3-2-4-11(9)19)23-16(24)15-12(21)5-8(20)6-13(15)22/h2-6,14H,7H2,1H3,(H,23,24)/t14-/m0/s1. The number of esters is 1. The average Bonchev–Trinajstić information content (AvgIpc) is 2.55. The maximum absolute atomic E-state index is 13.8. The van der Waals surface area contributed by atoms with Gasteiger partial charge >= 0.3 is 5.97 Å². The van der Waals surface area contributed by atoms with Crippen LogP contribution >= 0.6 is 23.2 Å². The van der Waals surface area contributed by atoms with Crippen LogP contribution in [0.25, 0.3) is 0 Å². The van der Waals surface area contributed by atoms with E-state index >= 15 is 0 Å². The van der Waals surface area contributed by atoms with Gasteiger partial charge in [0.1, 0.15) is 29.1 Å². The van der Waals surface area contributed by atoms with Crippen LogP contribution < -0.4 is 5.32 Å². The van der Waals surface area contributed by atoms with Gasteiger partial charge in [0.05, 0.1) is 7.11 Å². The average molecular weight is 406 g/mol. The molecule has 0 saturated carbocycles. The Morgan fingerprint density at radius 2 is 1.65 bits per heavy atom. The molecule has 2 aromatic rings. The van der Waals surface area contributed by atoms with Gasteiger partial charge in [-0.3, -0.25) is 4.79 Å². The molecule has 0 saturated heterocycles. The largest absolute Gasteiger partial charge is 0.467 e. The fourth-order valence-corrected chi connectivity index (χ4v) is 2.81. The topological polar surface area (TPSA) is 55.4 Å². The maximum atomic E-state index is 13.8. The molecule has 1 atom stereocenters. The van der Waals surface area contributed by atoms with E-state index < -0.39 is 40.9 Å². The highest BCUT2D eigenvalue weighted by molar-refractivity contribution is 6.36. The zero-order valence-electron chi connectivity index (χ0n) is 13.3. The van der Waals surface area contributed by atoms with E-state index in [0.717, 1.165) is 7.11 Å². The van der Waals surface area contributed by atoms with Crippen LogP contribution in [0.1, 0.15) is 15.9 Å². The van der Waals surface area contributed by atoms with E-state index in [-0.39, 0.29) is 16.5 Å². The molecule has 1 amide bonds. The van der Waals surface area contributed by atoms with E-state index in [1.807, 2.05) is 0 Å². The number of rotatable bonds is 5. The third-order valence-electron chi connectivity index (χ3n) is 3.49. The quantitative estimate of drug-likeness (QED) is 0.766. The van der Waals surface area contributed by atoms with Crippen LogP contribution in [0.15, 0.2) is 30.3 Å². The summed E-state index contributed by atoms with van der Waals surface area (Å²) in [6.07, 6.45) is -0.179. The summed E-state index contributed by atoms with van der Waals surface area (Å²) in [7, 11) is 1.08. The number of hydrogen-bond donors (Lipinski definition) is 1. The van der Waals surface area contributed by atoms with Crippen molar-refractivity contribution < 1.29 is 27.5 Å². The number of hydrogen-bond acceptors (Lipinski definition) is 3. The van der Waals surface area contributed by atoms with Crippen molar-refractivity contribution in [2.75, 3.05) is 7.11 Å². The highest BCUT2D eigenvalue weighted by Crippen LogP contribution is 2.26. The predicted octanol–water partition coefficient (Wildman–Crippen LogP) is 3.92. The molecule has 9 heteroatoms. The summed E-state index contributed by atoms with van der Waals surface area (Å²) < 4.78 is 45.1. The number of carbonyl (C=O) groups excluding carboxylic acids is 2. The van der Waals surface area contributed by atoms with E-state index in [9.17, 15) is 22.8 Å². The summed E-state index contributed by atoms with van der Waals surface area (Å²) in [6, 6.07) is 4.03. The minimum Gasteiger partial charge on any atom is -0.467 e. The lowest BCUT2D eigenvalue weighted by Crippen LogP contribution is -2.43. The number of halogens is 5. The molecule has 2 aromatic carbocycles. The summed E-state index contributed by atoms with van der Waals surface area (Å²) >= 11 is 12.1. The van der Waals surface area contributed by atoms with E-state index in [2.05, 4.69) is 10.1 Å². The van der Waals surface area contributed by atoms with Crippen molar-refractivity contribution in [2.45, 2.75) is 12.5 Å². The first-order chi connectivity index (χ1) is 12.2. The zero-order valence-corrected chi connectivity index (χ0v) is 14.8. The Bertz CT molecular complexity index is 818. The lowest BCUT2D eigenvalue weighted by atomic mass is 10.0. The number of benzene rings is 2. The molecule has 0 aliphatic carbocycles. The first kappa shape index (κ1) is 20.1. The van der Waals surface area contributed by atoms with Crippen LogP contribution in [-0.4, -0.2) is 25.0 Å². The third-order valence-corrected chi connectivity index (χ3v) is 4.20. The summed E-state index contributed by atoms with van der Waals surface area (Å²) in [5.74, 6) is -6.11. The van der Waals surface area contributed by atoms with Crippen molar-refractivity contribution in [3.05, 3.63) is 69.0 Å². The minimum absolute atomic E-state index is 0.179. The molecular formula is C17H12Cl2F3NO3. The van der Waals surface area contributed by atoms with Crippen LogP contribution in [0.5, 0.6) is 0 Å². The molecule has 0 aliphatic rings. The van der Waals surface area contributed by atoms with E-state index in [1.165, 1.54) is 12.1 Å². The van der Waals surface area contributed by atoms with Gasteiger partial charge in [0.2, 0.25) is 0 Å². The Balaban J connectivity index is 2.32. The Labute approximate surface area is 156 Å². The minimum atomic E-state index is -1.40. The van der Waals surface area contributed by atoms with Gasteiger partial charge in [-0.2, -0.15) is 0 Å². The van der Waals surface area contributed by atoms with Gasteiger partial charge in [-0.1, -0.05) is 29.3 Å². The second-order valence-corrected chi connectivity index (χ2v) is 6.01. The molecule has 0 aliphatic heterocycles. The normalized spacial score (nSPS) is 11.8. The van der Waals surface area contributed by atoms with Crippen molar-refractivity contribution in [3.8, 4) is 0 Å². The summed E-state index contributed by atoms with van der Waals surface area (Å²) in [4.78, 5) is 24.2. The van der Waals surface area contributed by atoms with Crippen LogP contribution in [-0.2, 0) is 16.0 Å². The van der Waals surface area contributed by atoms with Gasteiger partial charge in [0.15, 0.2) is 0 Å². The molecule has 138 valence electrons. The van der Waals surface area contributed by atoms with Gasteiger partial charge < -0.3 is 10.1 Å². The SMILES string of the molecule is COC(=O)[C@H](Cc1c(Cl)cccc1Cl)NC(=O)c1c(F)cc(F)cc1F. The fraction of sp³-hybridized carbons (Fsp3) is 0.176. The Hall–Kier alpha value is -2.25. The van der Waals surface area contributed by atoms with Crippen molar-refractivity contribution in [3.63, 3.8) is 0 Å². The Morgan fingerprint density at radius 3 is 2.15 bits per heavy atom. The summed E-state index contributed by atoms with van der Waals surface area (Å²) in [5.41, 5.74) is -0.683. The van der Waals surface area contributed by atoms with Crippen molar-refractivity contribution in [2.24, 2.45) is 0 Å². The number of methoxy groups -OCH3 is 1. The lowest BCUT2D eigenvalue weighted by molar-refractivity contribution is -0.142. The van der Waals surface area contributed by atoms with E-state index in [4.69, 9.17) is 23.2 Å². The van der Waals surface area contributed by atoms with Gasteiger partial charge in [-0.25, -0.2) is 18.0 Å². The van der Waals surface area contributed by atoms with Crippen LogP contribution in [0.4, 0.5) is 13.2 Å². The first-order valence-corrected chi connectivity index (χ1v) is 7.96. The molecular weight excluding hydrogens is 394 g/mol. The van der Waals surface area contributed by atoms with Crippen LogP contribution in [0.3, 0.4) is 0 Å². The molecule has 26 heavy (non-hydrogen) atoms. The molecule has 0 fully saturated rings. The lowest BCUT2D eigenvalue weighted by Gasteiger charge is -2.18. The van der Waals surface area contributed by atoms with Gasteiger partial charge in [0.25, 0.3) is 5.91 Å². The Kier molecular flexibility index (Phi) is 6.50. The molecule has 0 heterocycles.